The third-order valence-electron chi connectivity index (χ3n) is 4.32. The Kier molecular flexibility index (Phi) is 5.00. The lowest BCUT2D eigenvalue weighted by atomic mass is 10.0. The van der Waals surface area contributed by atoms with Gasteiger partial charge < -0.3 is 0 Å². The van der Waals surface area contributed by atoms with Crippen LogP contribution < -0.4 is 5.32 Å². The number of rotatable bonds is 4. The average molecular weight is 385 g/mol. The van der Waals surface area contributed by atoms with Crippen molar-refractivity contribution in [2.24, 2.45) is 0 Å². The molecule has 0 atom stereocenters. The van der Waals surface area contributed by atoms with Crippen LogP contribution in [-0.2, 0) is 0 Å². The number of anilines is 1. The molecule has 2 heterocycles. The Morgan fingerprint density at radius 3 is 2.25 bits per heavy atom. The fraction of sp³-hybridized carbons (Fsp3) is 0.0870. The van der Waals surface area contributed by atoms with Gasteiger partial charge in [-0.05, 0) is 55.8 Å². The molecule has 0 aliphatic heterocycles. The van der Waals surface area contributed by atoms with Gasteiger partial charge in [-0.15, -0.1) is 0 Å². The highest BCUT2D eigenvalue weighted by atomic mass is 32.1. The summed E-state index contributed by atoms with van der Waals surface area (Å²) in [4.78, 5) is 22.5. The third kappa shape index (κ3) is 3.85. The Morgan fingerprint density at radius 1 is 0.893 bits per heavy atom. The molecule has 0 saturated heterocycles. The van der Waals surface area contributed by atoms with E-state index in [-0.39, 0.29) is 5.91 Å². The summed E-state index contributed by atoms with van der Waals surface area (Å²) in [6.07, 6.45) is 3.53. The van der Waals surface area contributed by atoms with Crippen LogP contribution in [0.2, 0.25) is 0 Å². The second-order valence-corrected chi connectivity index (χ2v) is 7.63. The summed E-state index contributed by atoms with van der Waals surface area (Å²) < 4.78 is 0. The summed E-state index contributed by atoms with van der Waals surface area (Å²) in [5, 5.41) is 3.52. The van der Waals surface area contributed by atoms with Gasteiger partial charge in [0.1, 0.15) is 0 Å². The van der Waals surface area contributed by atoms with Crippen molar-refractivity contribution in [1.82, 2.24) is 9.97 Å². The summed E-state index contributed by atoms with van der Waals surface area (Å²) in [7, 11) is 0. The van der Waals surface area contributed by atoms with E-state index in [0.717, 1.165) is 21.7 Å². The minimum atomic E-state index is -0.164. The van der Waals surface area contributed by atoms with Crippen LogP contribution in [0.1, 0.15) is 21.5 Å². The Bertz CT molecular complexity index is 1100. The molecule has 0 aliphatic carbocycles. The molecule has 4 rings (SSSR count). The monoisotopic (exact) mass is 385 g/mol. The van der Waals surface area contributed by atoms with Gasteiger partial charge in [0.25, 0.3) is 5.91 Å². The lowest BCUT2D eigenvalue weighted by Gasteiger charge is -2.05. The Balaban J connectivity index is 1.77. The van der Waals surface area contributed by atoms with Crippen molar-refractivity contribution >= 4 is 22.4 Å². The van der Waals surface area contributed by atoms with Gasteiger partial charge in [-0.3, -0.25) is 15.1 Å². The molecule has 2 aromatic heterocycles. The van der Waals surface area contributed by atoms with Crippen LogP contribution in [0.4, 0.5) is 5.13 Å². The molecule has 4 nitrogen and oxygen atoms in total. The van der Waals surface area contributed by atoms with E-state index in [0.29, 0.717) is 10.7 Å². The molecule has 0 saturated carbocycles. The van der Waals surface area contributed by atoms with Crippen molar-refractivity contribution < 1.29 is 4.79 Å². The lowest BCUT2D eigenvalue weighted by molar-refractivity contribution is 0.102. The first-order valence-corrected chi connectivity index (χ1v) is 9.78. The molecule has 5 heteroatoms. The molecule has 28 heavy (non-hydrogen) atoms. The standard InChI is InChI=1S/C23H19N3OS/c1-15-12-16(2)14-19(13-15)20-21(17-8-10-24-11-9-17)28-23(25-20)26-22(27)18-6-4-3-5-7-18/h3-14H,1-2H3,(H,25,26,27). The first kappa shape index (κ1) is 18.1. The van der Waals surface area contributed by atoms with Crippen molar-refractivity contribution in [3.63, 3.8) is 0 Å². The number of aryl methyl sites for hydroxylation is 2. The van der Waals surface area contributed by atoms with Crippen molar-refractivity contribution in [1.29, 1.82) is 0 Å². The van der Waals surface area contributed by atoms with Gasteiger partial charge in [0.05, 0.1) is 10.6 Å². The fourth-order valence-corrected chi connectivity index (χ4v) is 4.13. The van der Waals surface area contributed by atoms with Crippen molar-refractivity contribution in [2.45, 2.75) is 13.8 Å². The molecule has 4 aromatic rings. The SMILES string of the molecule is Cc1cc(C)cc(-c2nc(NC(=O)c3ccccc3)sc2-c2ccncc2)c1. The smallest absolute Gasteiger partial charge is 0.257 e. The number of hydrogen-bond donors (Lipinski definition) is 1. The predicted octanol–water partition coefficient (Wildman–Crippen LogP) is 5.74. The highest BCUT2D eigenvalue weighted by Gasteiger charge is 2.17. The van der Waals surface area contributed by atoms with E-state index >= 15 is 0 Å². The van der Waals surface area contributed by atoms with Crippen LogP contribution in [0, 0.1) is 13.8 Å². The maximum atomic E-state index is 12.6. The maximum Gasteiger partial charge on any atom is 0.257 e. The quantitative estimate of drug-likeness (QED) is 0.487. The Labute approximate surface area is 167 Å². The first-order chi connectivity index (χ1) is 13.6. The summed E-state index contributed by atoms with van der Waals surface area (Å²) in [6.45, 7) is 4.15. The van der Waals surface area contributed by atoms with E-state index in [4.69, 9.17) is 4.98 Å². The van der Waals surface area contributed by atoms with Gasteiger partial charge in [0.15, 0.2) is 5.13 Å². The molecule has 1 amide bonds. The summed E-state index contributed by atoms with van der Waals surface area (Å²) >= 11 is 1.47. The molecule has 0 fully saturated rings. The van der Waals surface area contributed by atoms with Crippen molar-refractivity contribution in [3.05, 3.63) is 89.7 Å². The van der Waals surface area contributed by atoms with Gasteiger partial charge >= 0.3 is 0 Å². The van der Waals surface area contributed by atoms with Gasteiger partial charge in [-0.1, -0.05) is 46.7 Å². The van der Waals surface area contributed by atoms with Gasteiger partial charge in [0, 0.05) is 23.5 Å². The number of thiazole rings is 1. The highest BCUT2D eigenvalue weighted by molar-refractivity contribution is 7.19. The molecule has 1 N–H and O–H groups in total. The van der Waals surface area contributed by atoms with E-state index in [2.05, 4.69) is 42.3 Å². The fourth-order valence-electron chi connectivity index (χ4n) is 3.14. The van der Waals surface area contributed by atoms with E-state index in [9.17, 15) is 4.79 Å². The minimum Gasteiger partial charge on any atom is -0.298 e. The van der Waals surface area contributed by atoms with Gasteiger partial charge in [-0.25, -0.2) is 4.98 Å². The number of aromatic nitrogens is 2. The number of hydrogen-bond acceptors (Lipinski definition) is 4. The molecule has 138 valence electrons. The Morgan fingerprint density at radius 2 is 1.57 bits per heavy atom. The summed E-state index contributed by atoms with van der Waals surface area (Å²) in [6, 6.07) is 19.5. The predicted molar refractivity (Wildman–Crippen MR) is 115 cm³/mol. The highest BCUT2D eigenvalue weighted by Crippen LogP contribution is 2.39. The van der Waals surface area contributed by atoms with E-state index in [1.165, 1.54) is 22.5 Å². The number of pyridine rings is 1. The third-order valence-corrected chi connectivity index (χ3v) is 5.34. The number of amides is 1. The van der Waals surface area contributed by atoms with Crippen LogP contribution in [-0.4, -0.2) is 15.9 Å². The van der Waals surface area contributed by atoms with Gasteiger partial charge in [0.2, 0.25) is 0 Å². The molecule has 0 radical (unpaired) electrons. The van der Waals surface area contributed by atoms with Crippen molar-refractivity contribution in [3.8, 4) is 21.7 Å². The topological polar surface area (TPSA) is 54.9 Å². The molecule has 0 unspecified atom stereocenters. The molecule has 0 bridgehead atoms. The van der Waals surface area contributed by atoms with E-state index < -0.39 is 0 Å². The Hall–Kier alpha value is -3.31. The number of nitrogens with zero attached hydrogens (tertiary/aromatic N) is 2. The second-order valence-electron chi connectivity index (χ2n) is 6.63. The van der Waals surface area contributed by atoms with E-state index in [1.54, 1.807) is 24.5 Å². The molecular weight excluding hydrogens is 366 g/mol. The largest absolute Gasteiger partial charge is 0.298 e. The molecule has 0 aliphatic rings. The zero-order chi connectivity index (χ0) is 19.5. The molecule has 2 aromatic carbocycles. The summed E-state index contributed by atoms with van der Waals surface area (Å²) in [5.41, 5.74) is 5.90. The lowest BCUT2D eigenvalue weighted by Crippen LogP contribution is -2.11. The van der Waals surface area contributed by atoms with E-state index in [1.807, 2.05) is 30.3 Å². The van der Waals surface area contributed by atoms with Crippen LogP contribution in [0.3, 0.4) is 0 Å². The number of carbonyl (C=O) groups excluding carboxylic acids is 1. The van der Waals surface area contributed by atoms with Crippen molar-refractivity contribution in [2.75, 3.05) is 5.32 Å². The van der Waals surface area contributed by atoms with Crippen LogP contribution in [0.15, 0.2) is 73.1 Å². The number of benzene rings is 2. The van der Waals surface area contributed by atoms with Gasteiger partial charge in [-0.2, -0.15) is 0 Å². The molecule has 0 spiro atoms. The first-order valence-electron chi connectivity index (χ1n) is 8.96. The van der Waals surface area contributed by atoms with Crippen LogP contribution in [0.5, 0.6) is 0 Å². The number of nitrogens with one attached hydrogen (secondary N) is 1. The molecular formula is C23H19N3OS. The number of carbonyl (C=O) groups is 1. The van der Waals surface area contributed by atoms with Crippen LogP contribution in [0.25, 0.3) is 21.7 Å². The normalized spacial score (nSPS) is 10.6. The maximum absolute atomic E-state index is 12.6. The summed E-state index contributed by atoms with van der Waals surface area (Å²) in [5.74, 6) is -0.164. The average Bonchev–Trinajstić information content (AvgIpc) is 3.12. The van der Waals surface area contributed by atoms with Crippen LogP contribution >= 0.6 is 11.3 Å². The second kappa shape index (κ2) is 7.74. The zero-order valence-electron chi connectivity index (χ0n) is 15.6. The minimum absolute atomic E-state index is 0.164. The zero-order valence-corrected chi connectivity index (χ0v) is 16.5.